The highest BCUT2D eigenvalue weighted by Crippen LogP contribution is 2.13. The average Bonchev–Trinajstić information content (AvgIpc) is 2.21. The molecule has 0 fully saturated rings. The smallest absolute Gasteiger partial charge is 0.0475 e. The number of para-hydroxylation sites is 1. The Balaban J connectivity index is 2.16. The summed E-state index contributed by atoms with van der Waals surface area (Å²) in [6.45, 7) is 0. The second-order valence-electron chi connectivity index (χ2n) is 2.71. The van der Waals surface area contributed by atoms with Crippen LogP contribution in [0, 0.1) is 12.1 Å². The molecule has 0 aliphatic heterocycles. The quantitative estimate of drug-likeness (QED) is 0.724. The number of anilines is 2. The molecule has 0 aliphatic carbocycles. The van der Waals surface area contributed by atoms with Crippen LogP contribution >= 0.6 is 0 Å². The molecule has 0 aliphatic rings. The first kappa shape index (κ1) is 7.70. The van der Waals surface area contributed by atoms with Crippen molar-refractivity contribution < 1.29 is 0 Å². The van der Waals surface area contributed by atoms with Gasteiger partial charge >= 0.3 is 0 Å². The summed E-state index contributed by atoms with van der Waals surface area (Å²) >= 11 is 0. The first-order valence-electron chi connectivity index (χ1n) is 4.15. The Morgan fingerprint density at radius 2 is 1.69 bits per heavy atom. The minimum atomic E-state index is 1.03. The molecular formula is C12H9N. The summed E-state index contributed by atoms with van der Waals surface area (Å²) in [5, 5.41) is 3.25. The van der Waals surface area contributed by atoms with E-state index in [1.807, 2.05) is 48.5 Å². The standard InChI is InChI=1S/C12H9N/c1-3-7-11(8-4-1)13-12-9-5-2-6-10-12/h1,3-5,7-10,13H. The summed E-state index contributed by atoms with van der Waals surface area (Å²) in [5.74, 6) is 0. The van der Waals surface area contributed by atoms with Crippen LogP contribution in [0.5, 0.6) is 0 Å². The molecule has 0 radical (unpaired) electrons. The first-order valence-corrected chi connectivity index (χ1v) is 4.15. The number of nitrogens with one attached hydrogen (secondary N) is 1. The Bertz CT molecular complexity index is 316. The minimum absolute atomic E-state index is 1.03. The van der Waals surface area contributed by atoms with Crippen molar-refractivity contribution in [2.45, 2.75) is 0 Å². The maximum Gasteiger partial charge on any atom is 0.0475 e. The average molecular weight is 167 g/mol. The number of hydrogen-bond donors (Lipinski definition) is 1. The zero-order chi connectivity index (χ0) is 8.93. The van der Waals surface area contributed by atoms with Crippen LogP contribution in [0.2, 0.25) is 0 Å². The van der Waals surface area contributed by atoms with E-state index in [4.69, 9.17) is 0 Å². The van der Waals surface area contributed by atoms with E-state index in [0.29, 0.717) is 0 Å². The zero-order valence-electron chi connectivity index (χ0n) is 7.12. The van der Waals surface area contributed by atoms with Gasteiger partial charge in [0.05, 0.1) is 0 Å². The first-order chi connectivity index (χ1) is 6.45. The molecule has 0 atom stereocenters. The maximum absolute atomic E-state index is 3.25. The highest BCUT2D eigenvalue weighted by molar-refractivity contribution is 5.58. The summed E-state index contributed by atoms with van der Waals surface area (Å²) < 4.78 is 0. The molecule has 0 unspecified atom stereocenters. The predicted octanol–water partition coefficient (Wildman–Crippen LogP) is 3.03. The topological polar surface area (TPSA) is 12.0 Å². The van der Waals surface area contributed by atoms with Gasteiger partial charge in [0.15, 0.2) is 0 Å². The molecule has 2 rings (SSSR count). The van der Waals surface area contributed by atoms with Crippen molar-refractivity contribution in [3.63, 3.8) is 0 Å². The van der Waals surface area contributed by atoms with E-state index >= 15 is 0 Å². The maximum atomic E-state index is 3.25. The highest BCUT2D eigenvalue weighted by atomic mass is 14.9. The summed E-state index contributed by atoms with van der Waals surface area (Å²) in [7, 11) is 0. The Hall–Kier alpha value is -1.94. The molecule has 1 N–H and O–H groups in total. The second-order valence-corrected chi connectivity index (χ2v) is 2.71. The Labute approximate surface area is 78.0 Å². The van der Waals surface area contributed by atoms with E-state index in [1.165, 1.54) is 0 Å². The lowest BCUT2D eigenvalue weighted by Gasteiger charge is -2.03. The van der Waals surface area contributed by atoms with Gasteiger partial charge in [-0.15, -0.1) is 0 Å². The fraction of sp³-hybridized carbons (Fsp3) is 0. The van der Waals surface area contributed by atoms with Crippen LogP contribution in [0.1, 0.15) is 0 Å². The number of hydrogen-bond acceptors (Lipinski definition) is 1. The van der Waals surface area contributed by atoms with Crippen molar-refractivity contribution in [1.29, 1.82) is 0 Å². The lowest BCUT2D eigenvalue weighted by Crippen LogP contribution is -1.87. The molecule has 1 heteroatoms. The van der Waals surface area contributed by atoms with Crippen LogP contribution in [-0.4, -0.2) is 0 Å². The predicted molar refractivity (Wildman–Crippen MR) is 53.8 cm³/mol. The molecule has 0 amide bonds. The van der Waals surface area contributed by atoms with Gasteiger partial charge in [0.2, 0.25) is 0 Å². The van der Waals surface area contributed by atoms with Gasteiger partial charge in [-0.3, -0.25) is 0 Å². The van der Waals surface area contributed by atoms with Gasteiger partial charge in [-0.25, -0.2) is 0 Å². The molecule has 0 bridgehead atoms. The zero-order valence-corrected chi connectivity index (χ0v) is 7.12. The van der Waals surface area contributed by atoms with Crippen LogP contribution in [0.4, 0.5) is 11.4 Å². The molecule has 0 saturated carbocycles. The minimum Gasteiger partial charge on any atom is -0.355 e. The third-order valence-corrected chi connectivity index (χ3v) is 1.72. The monoisotopic (exact) mass is 167 g/mol. The van der Waals surface area contributed by atoms with Crippen molar-refractivity contribution in [3.05, 3.63) is 60.7 Å². The SMILES string of the molecule is c1ccc(Nc2ccccc2)cc#1. The fourth-order valence-electron chi connectivity index (χ4n) is 1.11. The lowest BCUT2D eigenvalue weighted by molar-refractivity contribution is 1.56. The molecule has 0 aromatic heterocycles. The van der Waals surface area contributed by atoms with E-state index in [2.05, 4.69) is 17.4 Å². The molecule has 2 aromatic carbocycles. The fourth-order valence-corrected chi connectivity index (χ4v) is 1.11. The molecule has 13 heavy (non-hydrogen) atoms. The highest BCUT2D eigenvalue weighted by Gasteiger charge is 1.89. The molecule has 0 spiro atoms. The van der Waals surface area contributed by atoms with Gasteiger partial charge in [-0.2, -0.15) is 0 Å². The van der Waals surface area contributed by atoms with Gasteiger partial charge < -0.3 is 5.32 Å². The van der Waals surface area contributed by atoms with Crippen molar-refractivity contribution in [3.8, 4) is 0 Å². The summed E-state index contributed by atoms with van der Waals surface area (Å²) in [6, 6.07) is 21.5. The van der Waals surface area contributed by atoms with E-state index in [1.54, 1.807) is 0 Å². The largest absolute Gasteiger partial charge is 0.355 e. The van der Waals surface area contributed by atoms with Gasteiger partial charge in [0.1, 0.15) is 0 Å². The van der Waals surface area contributed by atoms with Crippen LogP contribution in [0.25, 0.3) is 0 Å². The lowest BCUT2D eigenvalue weighted by atomic mass is 10.3. The summed E-state index contributed by atoms with van der Waals surface area (Å²) in [4.78, 5) is 0. The van der Waals surface area contributed by atoms with E-state index in [-0.39, 0.29) is 0 Å². The van der Waals surface area contributed by atoms with Crippen LogP contribution in [0.15, 0.2) is 48.5 Å². The van der Waals surface area contributed by atoms with Crippen LogP contribution < -0.4 is 5.32 Å². The number of rotatable bonds is 2. The van der Waals surface area contributed by atoms with Gasteiger partial charge in [0, 0.05) is 17.4 Å². The molecular weight excluding hydrogens is 158 g/mol. The molecule has 2 aromatic rings. The third kappa shape index (κ3) is 2.00. The molecule has 1 nitrogen and oxygen atoms in total. The van der Waals surface area contributed by atoms with Crippen molar-refractivity contribution in [2.24, 2.45) is 0 Å². The normalized spacial score (nSPS) is 8.92. The third-order valence-electron chi connectivity index (χ3n) is 1.72. The summed E-state index contributed by atoms with van der Waals surface area (Å²) in [5.41, 5.74) is 2.12. The molecule has 0 saturated heterocycles. The Kier molecular flexibility index (Phi) is 2.16. The second kappa shape index (κ2) is 3.64. The van der Waals surface area contributed by atoms with Crippen LogP contribution in [0.3, 0.4) is 0 Å². The van der Waals surface area contributed by atoms with Crippen molar-refractivity contribution in [2.75, 3.05) is 5.32 Å². The molecule has 0 heterocycles. The number of benzene rings is 1. The van der Waals surface area contributed by atoms with Crippen molar-refractivity contribution in [1.82, 2.24) is 0 Å². The van der Waals surface area contributed by atoms with Gasteiger partial charge in [-0.1, -0.05) is 30.3 Å². The van der Waals surface area contributed by atoms with Crippen molar-refractivity contribution >= 4 is 11.4 Å². The van der Waals surface area contributed by atoms with Crippen LogP contribution in [-0.2, 0) is 0 Å². The molecule has 62 valence electrons. The Morgan fingerprint density at radius 1 is 0.846 bits per heavy atom. The summed E-state index contributed by atoms with van der Waals surface area (Å²) in [6.07, 6.45) is 0. The van der Waals surface area contributed by atoms with E-state index in [0.717, 1.165) is 11.4 Å². The van der Waals surface area contributed by atoms with Gasteiger partial charge in [0.25, 0.3) is 0 Å². The van der Waals surface area contributed by atoms with E-state index < -0.39 is 0 Å². The van der Waals surface area contributed by atoms with E-state index in [9.17, 15) is 0 Å². The Morgan fingerprint density at radius 3 is 2.38 bits per heavy atom. The van der Waals surface area contributed by atoms with Gasteiger partial charge in [-0.05, 0) is 24.3 Å².